The second-order valence-electron chi connectivity index (χ2n) is 9.35. The molecule has 4 atom stereocenters. The van der Waals surface area contributed by atoms with Crippen molar-refractivity contribution >= 4 is 5.91 Å². The second-order valence-corrected chi connectivity index (χ2v) is 9.35. The Morgan fingerprint density at radius 1 is 1.13 bits per heavy atom. The van der Waals surface area contributed by atoms with Crippen LogP contribution in [0.4, 0.5) is 0 Å². The average molecular weight is 411 g/mol. The van der Waals surface area contributed by atoms with Gasteiger partial charge in [-0.2, -0.15) is 0 Å². The van der Waals surface area contributed by atoms with Crippen LogP contribution < -0.4 is 0 Å². The Morgan fingerprint density at radius 3 is 2.50 bits per heavy atom. The molecule has 2 aliphatic carbocycles. The molecule has 3 fully saturated rings. The summed E-state index contributed by atoms with van der Waals surface area (Å²) in [6.07, 6.45) is 6.63. The molecule has 0 spiro atoms. The van der Waals surface area contributed by atoms with Gasteiger partial charge < -0.3 is 14.5 Å². The predicted molar refractivity (Wildman–Crippen MR) is 111 cm³/mol. The second kappa shape index (κ2) is 8.07. The minimum atomic E-state index is 0.115. The first kappa shape index (κ1) is 19.6. The molecule has 1 aliphatic heterocycles. The number of benzene rings is 1. The molecule has 0 unspecified atom stereocenters. The standard InChI is InChI=1S/C22H30N6O2/c1-26(2)20-9-17-11-27(12-18(17)10-21(20)30-13-15-3-4-15)22(29)16-5-7-19(8-6-16)28-14-23-24-25-28/h5-8,14-15,17-18,20-21H,3-4,9-13H2,1-2H3/t17-,18+,20-,21-/m1/s1. The summed E-state index contributed by atoms with van der Waals surface area (Å²) in [7, 11) is 4.31. The van der Waals surface area contributed by atoms with E-state index in [1.54, 1.807) is 11.0 Å². The Kier molecular flexibility index (Phi) is 5.28. The lowest BCUT2D eigenvalue weighted by Crippen LogP contribution is -2.48. The fourth-order valence-corrected chi connectivity index (χ4v) is 5.04. The third-order valence-electron chi connectivity index (χ3n) is 7.01. The fraction of sp³-hybridized carbons (Fsp3) is 0.636. The van der Waals surface area contributed by atoms with Gasteiger partial charge >= 0.3 is 0 Å². The van der Waals surface area contributed by atoms with E-state index in [9.17, 15) is 4.79 Å². The molecule has 1 amide bonds. The Morgan fingerprint density at radius 2 is 1.87 bits per heavy atom. The molecule has 1 saturated heterocycles. The van der Waals surface area contributed by atoms with Crippen LogP contribution in [0, 0.1) is 17.8 Å². The number of nitrogens with zero attached hydrogens (tertiary/aromatic N) is 6. The van der Waals surface area contributed by atoms with Crippen molar-refractivity contribution < 1.29 is 9.53 Å². The van der Waals surface area contributed by atoms with Gasteiger partial charge in [0.2, 0.25) is 0 Å². The highest BCUT2D eigenvalue weighted by Crippen LogP contribution is 2.40. The minimum absolute atomic E-state index is 0.115. The normalized spacial score (nSPS) is 28.7. The monoisotopic (exact) mass is 410 g/mol. The third kappa shape index (κ3) is 3.98. The molecular formula is C22H30N6O2. The number of aromatic nitrogens is 4. The molecule has 0 bridgehead atoms. The van der Waals surface area contributed by atoms with Crippen LogP contribution in [0.15, 0.2) is 30.6 Å². The van der Waals surface area contributed by atoms with Crippen molar-refractivity contribution in [3.05, 3.63) is 36.2 Å². The number of tetrazole rings is 1. The zero-order chi connectivity index (χ0) is 20.7. The maximum Gasteiger partial charge on any atom is 0.253 e. The van der Waals surface area contributed by atoms with Crippen molar-refractivity contribution in [3.63, 3.8) is 0 Å². The molecule has 0 radical (unpaired) electrons. The largest absolute Gasteiger partial charge is 0.376 e. The molecule has 1 aromatic heterocycles. The number of likely N-dealkylation sites (N-methyl/N-ethyl adjacent to an activating group) is 1. The topological polar surface area (TPSA) is 76.4 Å². The molecule has 2 heterocycles. The van der Waals surface area contributed by atoms with E-state index in [1.807, 2.05) is 29.2 Å². The number of carbonyl (C=O) groups is 1. The first-order chi connectivity index (χ1) is 14.6. The third-order valence-corrected chi connectivity index (χ3v) is 7.01. The van der Waals surface area contributed by atoms with Crippen LogP contribution in [-0.2, 0) is 4.74 Å². The van der Waals surface area contributed by atoms with Crippen molar-refractivity contribution in [2.45, 2.75) is 37.8 Å². The highest BCUT2D eigenvalue weighted by molar-refractivity contribution is 5.94. The molecular weight excluding hydrogens is 380 g/mol. The fourth-order valence-electron chi connectivity index (χ4n) is 5.04. The lowest BCUT2D eigenvalue weighted by atomic mass is 9.77. The van der Waals surface area contributed by atoms with Gasteiger partial charge in [0, 0.05) is 31.3 Å². The van der Waals surface area contributed by atoms with Crippen molar-refractivity contribution in [3.8, 4) is 5.69 Å². The molecule has 8 nitrogen and oxygen atoms in total. The van der Waals surface area contributed by atoms with Gasteiger partial charge in [-0.1, -0.05) is 0 Å². The van der Waals surface area contributed by atoms with Crippen molar-refractivity contribution in [1.29, 1.82) is 0 Å². The molecule has 8 heteroatoms. The van der Waals surface area contributed by atoms with E-state index in [2.05, 4.69) is 34.5 Å². The molecule has 160 valence electrons. The summed E-state index contributed by atoms with van der Waals surface area (Å²) in [6, 6.07) is 7.94. The molecule has 3 aliphatic rings. The molecule has 1 aromatic carbocycles. The van der Waals surface area contributed by atoms with Crippen LogP contribution in [0.2, 0.25) is 0 Å². The van der Waals surface area contributed by atoms with Crippen LogP contribution in [0.1, 0.15) is 36.0 Å². The van der Waals surface area contributed by atoms with Crippen LogP contribution in [-0.4, -0.2) is 81.9 Å². The Hall–Kier alpha value is -2.32. The SMILES string of the molecule is CN(C)[C@@H]1C[C@@H]2CN(C(=O)c3ccc(-n4cnnn4)cc3)C[C@@H]2C[C@H]1OCC1CC1. The van der Waals surface area contributed by atoms with E-state index in [1.165, 1.54) is 12.8 Å². The lowest BCUT2D eigenvalue weighted by molar-refractivity contribution is -0.0493. The van der Waals surface area contributed by atoms with Gasteiger partial charge in [0.05, 0.1) is 11.8 Å². The van der Waals surface area contributed by atoms with Crippen molar-refractivity contribution in [1.82, 2.24) is 30.0 Å². The molecule has 30 heavy (non-hydrogen) atoms. The van der Waals surface area contributed by atoms with E-state index >= 15 is 0 Å². The predicted octanol–water partition coefficient (Wildman–Crippen LogP) is 1.87. The van der Waals surface area contributed by atoms with Gasteiger partial charge in [-0.3, -0.25) is 4.79 Å². The maximum absolute atomic E-state index is 13.1. The van der Waals surface area contributed by atoms with Crippen LogP contribution in [0.25, 0.3) is 5.69 Å². The Bertz CT molecular complexity index is 864. The van der Waals surface area contributed by atoms with Crippen LogP contribution in [0.3, 0.4) is 0 Å². The van der Waals surface area contributed by atoms with Gasteiger partial charge in [0.1, 0.15) is 6.33 Å². The summed E-state index contributed by atoms with van der Waals surface area (Å²) in [4.78, 5) is 17.5. The highest BCUT2D eigenvalue weighted by Gasteiger charge is 2.45. The summed E-state index contributed by atoms with van der Waals surface area (Å²) in [5.41, 5.74) is 1.56. The zero-order valence-corrected chi connectivity index (χ0v) is 17.7. The first-order valence-electron chi connectivity index (χ1n) is 11.0. The van der Waals surface area contributed by atoms with E-state index in [-0.39, 0.29) is 12.0 Å². The van der Waals surface area contributed by atoms with E-state index in [4.69, 9.17) is 4.74 Å². The van der Waals surface area contributed by atoms with Crippen molar-refractivity contribution in [2.24, 2.45) is 17.8 Å². The molecule has 2 saturated carbocycles. The van der Waals surface area contributed by atoms with Gasteiger partial charge in [0.15, 0.2) is 0 Å². The number of amides is 1. The lowest BCUT2D eigenvalue weighted by Gasteiger charge is -2.41. The highest BCUT2D eigenvalue weighted by atomic mass is 16.5. The number of hydrogen-bond donors (Lipinski definition) is 0. The maximum atomic E-state index is 13.1. The number of ether oxygens (including phenoxy) is 1. The first-order valence-corrected chi connectivity index (χ1v) is 11.0. The summed E-state index contributed by atoms with van der Waals surface area (Å²) >= 11 is 0. The molecule has 2 aromatic rings. The number of likely N-dealkylation sites (tertiary alicyclic amines) is 1. The molecule has 0 N–H and O–H groups in total. The van der Waals surface area contributed by atoms with E-state index < -0.39 is 0 Å². The van der Waals surface area contributed by atoms with Crippen molar-refractivity contribution in [2.75, 3.05) is 33.8 Å². The zero-order valence-electron chi connectivity index (χ0n) is 17.7. The summed E-state index contributed by atoms with van der Waals surface area (Å²) < 4.78 is 7.94. The summed E-state index contributed by atoms with van der Waals surface area (Å²) in [5, 5.41) is 11.2. The summed E-state index contributed by atoms with van der Waals surface area (Å²) in [5.74, 6) is 1.99. The van der Waals surface area contributed by atoms with Gasteiger partial charge in [0.25, 0.3) is 5.91 Å². The van der Waals surface area contributed by atoms with Crippen LogP contribution in [0.5, 0.6) is 0 Å². The van der Waals surface area contributed by atoms with Gasteiger partial charge in [-0.05, 0) is 92.2 Å². The number of fused-ring (bicyclic) bond motifs is 1. The average Bonchev–Trinajstić information content (AvgIpc) is 3.25. The van der Waals surface area contributed by atoms with E-state index in [0.717, 1.165) is 49.7 Å². The number of hydrogen-bond acceptors (Lipinski definition) is 6. The smallest absolute Gasteiger partial charge is 0.253 e. The molecule has 5 rings (SSSR count). The quantitative estimate of drug-likeness (QED) is 0.724. The number of rotatable bonds is 6. The van der Waals surface area contributed by atoms with Crippen LogP contribution >= 0.6 is 0 Å². The van der Waals surface area contributed by atoms with Gasteiger partial charge in [-0.15, -0.1) is 5.10 Å². The minimum Gasteiger partial charge on any atom is -0.376 e. The Balaban J connectivity index is 1.24. The Labute approximate surface area is 177 Å². The van der Waals surface area contributed by atoms with E-state index in [0.29, 0.717) is 17.9 Å². The summed E-state index contributed by atoms with van der Waals surface area (Å²) in [6.45, 7) is 2.59. The van der Waals surface area contributed by atoms with Gasteiger partial charge in [-0.25, -0.2) is 4.68 Å². The number of carbonyl (C=O) groups excluding carboxylic acids is 1.